The van der Waals surface area contributed by atoms with Gasteiger partial charge in [-0.3, -0.25) is 4.98 Å². The number of hydrogen-bond donors (Lipinski definition) is 0. The lowest BCUT2D eigenvalue weighted by Gasteiger charge is -2.25. The quantitative estimate of drug-likeness (QED) is 0.720. The van der Waals surface area contributed by atoms with Crippen molar-refractivity contribution in [2.24, 2.45) is 0 Å². The Kier molecular flexibility index (Phi) is 4.95. The van der Waals surface area contributed by atoms with Crippen LogP contribution in [0.15, 0.2) is 48.8 Å². The Morgan fingerprint density at radius 1 is 0.923 bits per heavy atom. The van der Waals surface area contributed by atoms with Gasteiger partial charge >= 0.3 is 0 Å². The number of para-hydroxylation sites is 1. The van der Waals surface area contributed by atoms with E-state index in [-0.39, 0.29) is 0 Å². The fraction of sp³-hybridized carbons (Fsp3) is 0.381. The van der Waals surface area contributed by atoms with Crippen molar-refractivity contribution < 1.29 is 0 Å². The molecule has 1 saturated heterocycles. The van der Waals surface area contributed by atoms with Gasteiger partial charge in [-0.15, -0.1) is 0 Å². The minimum absolute atomic E-state index is 0.834. The SMILES string of the molecule is CCCc1cc(N2CCCN(c3ncccn3)CC2)c2ccccc2n1. The van der Waals surface area contributed by atoms with Crippen LogP contribution in [0.3, 0.4) is 0 Å². The second-order valence-corrected chi connectivity index (χ2v) is 6.78. The van der Waals surface area contributed by atoms with Crippen molar-refractivity contribution in [2.45, 2.75) is 26.2 Å². The number of nitrogens with zero attached hydrogens (tertiary/aromatic N) is 5. The number of pyridine rings is 1. The molecule has 0 bridgehead atoms. The standard InChI is InChI=1S/C21H25N5/c1-2-7-17-16-20(18-8-3-4-9-19(18)24-17)25-12-6-13-26(15-14-25)21-22-10-5-11-23-21/h3-5,8-11,16H,2,6-7,12-15H2,1H3. The van der Waals surface area contributed by atoms with Gasteiger partial charge in [0.05, 0.1) is 5.52 Å². The first-order valence-corrected chi connectivity index (χ1v) is 9.50. The summed E-state index contributed by atoms with van der Waals surface area (Å²) in [5.74, 6) is 0.834. The third-order valence-corrected chi connectivity index (χ3v) is 4.93. The molecule has 1 fully saturated rings. The molecule has 0 spiro atoms. The molecule has 0 radical (unpaired) electrons. The zero-order chi connectivity index (χ0) is 17.8. The minimum atomic E-state index is 0.834. The second-order valence-electron chi connectivity index (χ2n) is 6.78. The fourth-order valence-corrected chi connectivity index (χ4v) is 3.67. The van der Waals surface area contributed by atoms with Gasteiger partial charge in [-0.05, 0) is 31.0 Å². The highest BCUT2D eigenvalue weighted by Crippen LogP contribution is 2.28. The highest BCUT2D eigenvalue weighted by Gasteiger charge is 2.19. The Hall–Kier alpha value is -2.69. The van der Waals surface area contributed by atoms with Gasteiger partial charge in [-0.25, -0.2) is 9.97 Å². The molecule has 0 unspecified atom stereocenters. The molecule has 0 atom stereocenters. The predicted octanol–water partition coefficient (Wildman–Crippen LogP) is 3.69. The molecule has 4 rings (SSSR count). The number of aryl methyl sites for hydroxylation is 1. The Balaban J connectivity index is 1.63. The molecule has 2 aromatic heterocycles. The number of benzene rings is 1. The molecule has 5 heteroatoms. The van der Waals surface area contributed by atoms with Crippen molar-refractivity contribution in [1.29, 1.82) is 0 Å². The van der Waals surface area contributed by atoms with Gasteiger partial charge in [0, 0.05) is 55.3 Å². The van der Waals surface area contributed by atoms with E-state index in [2.05, 4.69) is 57.0 Å². The molecule has 3 heterocycles. The summed E-state index contributed by atoms with van der Waals surface area (Å²) < 4.78 is 0. The van der Waals surface area contributed by atoms with Gasteiger partial charge in [0.25, 0.3) is 0 Å². The Labute approximate surface area is 154 Å². The average molecular weight is 347 g/mol. The van der Waals surface area contributed by atoms with Gasteiger partial charge in [0.2, 0.25) is 5.95 Å². The summed E-state index contributed by atoms with van der Waals surface area (Å²) in [5, 5.41) is 1.25. The molecular weight excluding hydrogens is 322 g/mol. The zero-order valence-corrected chi connectivity index (χ0v) is 15.3. The Morgan fingerprint density at radius 2 is 1.69 bits per heavy atom. The third-order valence-electron chi connectivity index (χ3n) is 4.93. The van der Waals surface area contributed by atoms with E-state index in [0.29, 0.717) is 0 Å². The van der Waals surface area contributed by atoms with Crippen LogP contribution in [0.2, 0.25) is 0 Å². The van der Waals surface area contributed by atoms with Crippen molar-refractivity contribution in [3.8, 4) is 0 Å². The van der Waals surface area contributed by atoms with E-state index in [0.717, 1.165) is 56.9 Å². The summed E-state index contributed by atoms with van der Waals surface area (Å²) in [6.45, 7) is 6.15. The van der Waals surface area contributed by atoms with Crippen LogP contribution >= 0.6 is 0 Å². The first-order valence-electron chi connectivity index (χ1n) is 9.50. The van der Waals surface area contributed by atoms with E-state index in [1.807, 2.05) is 18.5 Å². The highest BCUT2D eigenvalue weighted by molar-refractivity contribution is 5.92. The summed E-state index contributed by atoms with van der Waals surface area (Å²) in [5.41, 5.74) is 3.60. The summed E-state index contributed by atoms with van der Waals surface area (Å²) in [7, 11) is 0. The molecule has 0 aliphatic carbocycles. The molecule has 0 N–H and O–H groups in total. The monoisotopic (exact) mass is 347 g/mol. The maximum Gasteiger partial charge on any atom is 0.225 e. The number of fused-ring (bicyclic) bond motifs is 1. The molecule has 5 nitrogen and oxygen atoms in total. The zero-order valence-electron chi connectivity index (χ0n) is 15.3. The highest BCUT2D eigenvalue weighted by atomic mass is 15.3. The van der Waals surface area contributed by atoms with E-state index in [1.165, 1.54) is 16.8 Å². The van der Waals surface area contributed by atoms with Gasteiger partial charge in [-0.2, -0.15) is 0 Å². The number of aromatic nitrogens is 3. The van der Waals surface area contributed by atoms with Gasteiger partial charge in [-0.1, -0.05) is 31.5 Å². The number of hydrogen-bond acceptors (Lipinski definition) is 5. The second kappa shape index (κ2) is 7.68. The van der Waals surface area contributed by atoms with Crippen LogP contribution in [0, 0.1) is 0 Å². The smallest absolute Gasteiger partial charge is 0.225 e. The van der Waals surface area contributed by atoms with Gasteiger partial charge in [0.1, 0.15) is 0 Å². The minimum Gasteiger partial charge on any atom is -0.369 e. The van der Waals surface area contributed by atoms with Crippen LogP contribution in [0.4, 0.5) is 11.6 Å². The lowest BCUT2D eigenvalue weighted by molar-refractivity contribution is 0.782. The maximum atomic E-state index is 4.85. The lowest BCUT2D eigenvalue weighted by atomic mass is 10.1. The van der Waals surface area contributed by atoms with Crippen LogP contribution in [-0.4, -0.2) is 41.1 Å². The Morgan fingerprint density at radius 3 is 2.54 bits per heavy atom. The molecule has 3 aromatic rings. The van der Waals surface area contributed by atoms with E-state index >= 15 is 0 Å². The number of rotatable bonds is 4. The van der Waals surface area contributed by atoms with Crippen LogP contribution in [-0.2, 0) is 6.42 Å². The van der Waals surface area contributed by atoms with E-state index in [4.69, 9.17) is 4.98 Å². The average Bonchev–Trinajstić information content (AvgIpc) is 2.94. The molecule has 0 saturated carbocycles. The molecule has 1 aliphatic heterocycles. The predicted molar refractivity (Wildman–Crippen MR) is 107 cm³/mol. The summed E-state index contributed by atoms with van der Waals surface area (Å²) in [6, 6.07) is 12.7. The summed E-state index contributed by atoms with van der Waals surface area (Å²) >= 11 is 0. The molecular formula is C21H25N5. The molecule has 134 valence electrons. The van der Waals surface area contributed by atoms with Crippen molar-refractivity contribution in [2.75, 3.05) is 36.0 Å². The number of anilines is 2. The Bertz CT molecular complexity index is 865. The van der Waals surface area contributed by atoms with Crippen molar-refractivity contribution >= 4 is 22.5 Å². The fourth-order valence-electron chi connectivity index (χ4n) is 3.67. The largest absolute Gasteiger partial charge is 0.369 e. The molecule has 1 aliphatic rings. The van der Waals surface area contributed by atoms with E-state index < -0.39 is 0 Å². The van der Waals surface area contributed by atoms with Crippen molar-refractivity contribution in [3.05, 3.63) is 54.5 Å². The van der Waals surface area contributed by atoms with Crippen molar-refractivity contribution in [1.82, 2.24) is 15.0 Å². The maximum absolute atomic E-state index is 4.85. The van der Waals surface area contributed by atoms with Gasteiger partial charge < -0.3 is 9.80 Å². The van der Waals surface area contributed by atoms with Crippen LogP contribution in [0.5, 0.6) is 0 Å². The molecule has 0 amide bonds. The van der Waals surface area contributed by atoms with E-state index in [1.54, 1.807) is 0 Å². The van der Waals surface area contributed by atoms with Crippen LogP contribution in [0.25, 0.3) is 10.9 Å². The normalized spacial score (nSPS) is 15.3. The van der Waals surface area contributed by atoms with Crippen LogP contribution < -0.4 is 9.80 Å². The third kappa shape index (κ3) is 3.47. The first kappa shape index (κ1) is 16.8. The molecule has 26 heavy (non-hydrogen) atoms. The first-order chi connectivity index (χ1) is 12.8. The summed E-state index contributed by atoms with van der Waals surface area (Å²) in [4.78, 5) is 18.5. The van der Waals surface area contributed by atoms with Crippen molar-refractivity contribution in [3.63, 3.8) is 0 Å². The van der Waals surface area contributed by atoms with E-state index in [9.17, 15) is 0 Å². The lowest BCUT2D eigenvalue weighted by Crippen LogP contribution is -2.31. The molecule has 1 aromatic carbocycles. The van der Waals surface area contributed by atoms with Crippen LogP contribution in [0.1, 0.15) is 25.5 Å². The van der Waals surface area contributed by atoms with Gasteiger partial charge in [0.15, 0.2) is 0 Å². The summed E-state index contributed by atoms with van der Waals surface area (Å²) in [6.07, 6.45) is 6.87. The topological polar surface area (TPSA) is 45.2 Å².